The molecule has 3 N–H and O–H groups in total. The maximum Gasteiger partial charge on any atom is 0.316 e. The van der Waals surface area contributed by atoms with Gasteiger partial charge >= 0.3 is 6.03 Å². The second kappa shape index (κ2) is 3.23. The summed E-state index contributed by atoms with van der Waals surface area (Å²) in [6, 6.07) is -0.504. The average molecular weight is 152 g/mol. The predicted octanol–water partition coefficient (Wildman–Crippen LogP) is 1.13. The van der Waals surface area contributed by atoms with Crippen LogP contribution in [-0.2, 0) is 0 Å². The van der Waals surface area contributed by atoms with Crippen LogP contribution in [0.2, 0.25) is 0 Å². The van der Waals surface area contributed by atoms with Crippen LogP contribution in [-0.4, -0.2) is 6.03 Å². The molecule has 11 heavy (non-hydrogen) atoms. The molecule has 60 valence electrons. The van der Waals surface area contributed by atoms with E-state index in [1.165, 1.54) is 0 Å². The van der Waals surface area contributed by atoms with E-state index in [-0.39, 0.29) is 0 Å². The van der Waals surface area contributed by atoms with Crippen molar-refractivity contribution < 1.29 is 4.79 Å². The molecule has 2 amide bonds. The first kappa shape index (κ1) is 7.85. The highest BCUT2D eigenvalue weighted by Crippen LogP contribution is 2.13. The fraction of sp³-hybridized carbons (Fsp3) is 0.375. The normalized spacial score (nSPS) is 22.6. The van der Waals surface area contributed by atoms with Crippen molar-refractivity contribution in [2.45, 2.75) is 13.3 Å². The number of hydrogen-bond donors (Lipinski definition) is 2. The van der Waals surface area contributed by atoms with Crippen molar-refractivity contribution in [2.24, 2.45) is 11.7 Å². The number of carbonyl (C=O) groups excluding carboxylic acids is 1. The van der Waals surface area contributed by atoms with Crippen molar-refractivity contribution in [3.05, 3.63) is 23.9 Å². The van der Waals surface area contributed by atoms with Crippen LogP contribution in [0.1, 0.15) is 13.3 Å². The Morgan fingerprint density at radius 2 is 2.55 bits per heavy atom. The number of nitrogens with one attached hydrogen (secondary N) is 1. The third-order valence-corrected chi connectivity index (χ3v) is 1.58. The Morgan fingerprint density at radius 1 is 1.82 bits per heavy atom. The molecule has 0 aromatic rings. The minimum atomic E-state index is -0.504. The minimum absolute atomic E-state index is 0.504. The molecule has 1 atom stereocenters. The minimum Gasteiger partial charge on any atom is -0.351 e. The van der Waals surface area contributed by atoms with Crippen molar-refractivity contribution in [3.63, 3.8) is 0 Å². The monoisotopic (exact) mass is 152 g/mol. The topological polar surface area (TPSA) is 55.1 Å². The summed E-state index contributed by atoms with van der Waals surface area (Å²) in [5.74, 6) is 0.563. The molecule has 0 aromatic heterocycles. The molecule has 0 bridgehead atoms. The summed E-state index contributed by atoms with van der Waals surface area (Å²) >= 11 is 0. The summed E-state index contributed by atoms with van der Waals surface area (Å²) in [5.41, 5.74) is 5.73. The van der Waals surface area contributed by atoms with Gasteiger partial charge < -0.3 is 11.1 Å². The number of nitrogens with two attached hydrogens (primary N) is 1. The highest BCUT2D eigenvalue weighted by molar-refractivity contribution is 5.74. The van der Waals surface area contributed by atoms with Gasteiger partial charge in [0.1, 0.15) is 0 Å². The third-order valence-electron chi connectivity index (χ3n) is 1.58. The molecule has 1 rings (SSSR count). The van der Waals surface area contributed by atoms with Gasteiger partial charge in [0, 0.05) is 5.70 Å². The Balaban J connectivity index is 2.50. The second-order valence-electron chi connectivity index (χ2n) is 2.72. The van der Waals surface area contributed by atoms with Crippen molar-refractivity contribution in [2.75, 3.05) is 0 Å². The van der Waals surface area contributed by atoms with Gasteiger partial charge in [0.15, 0.2) is 0 Å². The molecule has 3 nitrogen and oxygen atoms in total. The molecule has 0 aromatic carbocycles. The molecule has 0 spiro atoms. The van der Waals surface area contributed by atoms with E-state index in [1.807, 2.05) is 18.2 Å². The van der Waals surface area contributed by atoms with E-state index >= 15 is 0 Å². The quantitative estimate of drug-likeness (QED) is 0.581. The summed E-state index contributed by atoms with van der Waals surface area (Å²) in [5, 5.41) is 2.52. The Labute approximate surface area is 66.0 Å². The van der Waals surface area contributed by atoms with Gasteiger partial charge in [0.25, 0.3) is 0 Å². The lowest BCUT2D eigenvalue weighted by Crippen LogP contribution is -2.28. The first-order valence-corrected chi connectivity index (χ1v) is 3.63. The number of urea groups is 1. The maximum absolute atomic E-state index is 10.4. The molecule has 1 aliphatic carbocycles. The van der Waals surface area contributed by atoms with Crippen LogP contribution in [0.3, 0.4) is 0 Å². The van der Waals surface area contributed by atoms with Crippen molar-refractivity contribution in [3.8, 4) is 0 Å². The molecule has 0 aliphatic heterocycles. The molecular weight excluding hydrogens is 140 g/mol. The lowest BCUT2D eigenvalue weighted by atomic mass is 10.0. The third kappa shape index (κ3) is 2.45. The molecule has 0 saturated carbocycles. The van der Waals surface area contributed by atoms with Crippen molar-refractivity contribution >= 4 is 6.03 Å². The average Bonchev–Trinajstić information content (AvgIpc) is 1.93. The van der Waals surface area contributed by atoms with Crippen LogP contribution in [0.4, 0.5) is 4.79 Å². The van der Waals surface area contributed by atoms with Gasteiger partial charge in [-0.2, -0.15) is 0 Å². The van der Waals surface area contributed by atoms with E-state index in [4.69, 9.17) is 5.73 Å². The number of hydrogen-bond acceptors (Lipinski definition) is 1. The number of primary amides is 1. The molecule has 0 saturated heterocycles. The van der Waals surface area contributed by atoms with E-state index in [0.717, 1.165) is 12.1 Å². The molecule has 1 aliphatic rings. The van der Waals surface area contributed by atoms with Gasteiger partial charge in [-0.1, -0.05) is 19.1 Å². The Morgan fingerprint density at radius 3 is 3.00 bits per heavy atom. The summed E-state index contributed by atoms with van der Waals surface area (Å²) in [6.07, 6.45) is 6.85. The fourth-order valence-corrected chi connectivity index (χ4v) is 0.962. The van der Waals surface area contributed by atoms with Crippen LogP contribution in [0.25, 0.3) is 0 Å². The molecule has 1 unspecified atom stereocenters. The molecule has 0 heterocycles. The summed E-state index contributed by atoms with van der Waals surface area (Å²) in [6.45, 7) is 2.12. The molecule has 0 fully saturated rings. The highest BCUT2D eigenvalue weighted by atomic mass is 16.2. The number of allylic oxidation sites excluding steroid dienone is 3. The van der Waals surface area contributed by atoms with Crippen LogP contribution in [0.5, 0.6) is 0 Å². The van der Waals surface area contributed by atoms with E-state index in [2.05, 4.69) is 12.2 Å². The maximum atomic E-state index is 10.4. The zero-order valence-corrected chi connectivity index (χ0v) is 6.50. The van der Waals surface area contributed by atoms with Crippen LogP contribution in [0.15, 0.2) is 23.9 Å². The zero-order valence-electron chi connectivity index (χ0n) is 6.50. The first-order chi connectivity index (χ1) is 5.18. The lowest BCUT2D eigenvalue weighted by molar-refractivity contribution is 0.251. The summed E-state index contributed by atoms with van der Waals surface area (Å²) < 4.78 is 0. The standard InChI is InChI=1S/C8H12N2O/c1-6-2-4-7(5-3-6)10-8(9)11/h2,4-6H,3H2,1H3,(H3,9,10,11). The zero-order chi connectivity index (χ0) is 8.27. The van der Waals surface area contributed by atoms with E-state index in [1.54, 1.807) is 0 Å². The first-order valence-electron chi connectivity index (χ1n) is 3.63. The van der Waals surface area contributed by atoms with Crippen molar-refractivity contribution in [1.82, 2.24) is 5.32 Å². The predicted molar refractivity (Wildman–Crippen MR) is 43.7 cm³/mol. The van der Waals surface area contributed by atoms with Gasteiger partial charge in [0.2, 0.25) is 0 Å². The highest BCUT2D eigenvalue weighted by Gasteiger charge is 2.03. The lowest BCUT2D eigenvalue weighted by Gasteiger charge is -2.10. The smallest absolute Gasteiger partial charge is 0.316 e. The van der Waals surface area contributed by atoms with Gasteiger partial charge in [0.05, 0.1) is 0 Å². The molecule has 3 heteroatoms. The van der Waals surface area contributed by atoms with Crippen LogP contribution < -0.4 is 11.1 Å². The number of carbonyl (C=O) groups is 1. The van der Waals surface area contributed by atoms with E-state index < -0.39 is 6.03 Å². The van der Waals surface area contributed by atoms with Crippen LogP contribution >= 0.6 is 0 Å². The molecule has 0 radical (unpaired) electrons. The Bertz CT molecular complexity index is 218. The van der Waals surface area contributed by atoms with Crippen LogP contribution in [0, 0.1) is 5.92 Å². The second-order valence-corrected chi connectivity index (χ2v) is 2.72. The van der Waals surface area contributed by atoms with Gasteiger partial charge in [-0.05, 0) is 18.4 Å². The SMILES string of the molecule is CC1C=CC(NC(N)=O)=CC1. The number of amides is 2. The van der Waals surface area contributed by atoms with E-state index in [9.17, 15) is 4.79 Å². The summed E-state index contributed by atoms with van der Waals surface area (Å²) in [4.78, 5) is 10.4. The Hall–Kier alpha value is -1.25. The van der Waals surface area contributed by atoms with Gasteiger partial charge in [-0.25, -0.2) is 4.79 Å². The van der Waals surface area contributed by atoms with Crippen molar-refractivity contribution in [1.29, 1.82) is 0 Å². The molecular formula is C8H12N2O. The Kier molecular flexibility index (Phi) is 2.31. The van der Waals surface area contributed by atoms with Gasteiger partial charge in [-0.3, -0.25) is 0 Å². The summed E-state index contributed by atoms with van der Waals surface area (Å²) in [7, 11) is 0. The fourth-order valence-electron chi connectivity index (χ4n) is 0.962. The van der Waals surface area contributed by atoms with E-state index in [0.29, 0.717) is 5.92 Å². The largest absolute Gasteiger partial charge is 0.351 e. The number of rotatable bonds is 1. The van der Waals surface area contributed by atoms with Gasteiger partial charge in [-0.15, -0.1) is 0 Å².